The average molecular weight is 1000 g/mol. The molecule has 2 aromatic rings. The van der Waals surface area contributed by atoms with Crippen molar-refractivity contribution < 1.29 is 123 Å². The standard InChI is InChI=1S/C45H48F4O21/c46-21-11-18(3-8-23-31(53)38(60)34(56)28(14-50)65-23)12-22(47)20(21)6-10-25-33(55)40(62)41(63)43(68-25)44(64)70-42-36(58)26(67-30(16-52)37(42)59)7-2-17-1-4-19(27(13-17)69-45(48)49)5-9-24-32(54)39(61)35(57)29(15-51)66-24/h1,4,11-13,23-26,28-45,50-64H,14-16H2. The van der Waals surface area contributed by atoms with E-state index in [9.17, 15) is 85.4 Å². The van der Waals surface area contributed by atoms with Crippen LogP contribution in [-0.2, 0) is 23.7 Å². The molecule has 0 aliphatic carbocycles. The summed E-state index contributed by atoms with van der Waals surface area (Å²) in [5.41, 5.74) is -1.49. The Labute approximate surface area is 394 Å². The first-order chi connectivity index (χ1) is 33.2. The Kier molecular flexibility index (Phi) is 18.6. The molecular formula is C45H48F4O21. The summed E-state index contributed by atoms with van der Waals surface area (Å²) in [5, 5.41) is 154. The topological polar surface area (TPSA) is 359 Å². The van der Waals surface area contributed by atoms with E-state index in [2.05, 4.69) is 52.1 Å². The molecule has 21 nitrogen and oxygen atoms in total. The van der Waals surface area contributed by atoms with E-state index in [4.69, 9.17) is 23.7 Å². The first-order valence-electron chi connectivity index (χ1n) is 21.1. The summed E-state index contributed by atoms with van der Waals surface area (Å²) < 4.78 is 88.8. The molecule has 6 rings (SSSR count). The highest BCUT2D eigenvalue weighted by atomic mass is 19.3. The minimum Gasteiger partial charge on any atom is -0.433 e. The minimum atomic E-state index is -3.39. The van der Waals surface area contributed by atoms with Crippen LogP contribution in [0, 0.1) is 59.0 Å². The monoisotopic (exact) mass is 1000 g/mol. The summed E-state index contributed by atoms with van der Waals surface area (Å²) in [5.74, 6) is 15.7. The Morgan fingerprint density at radius 2 is 0.943 bits per heavy atom. The van der Waals surface area contributed by atoms with E-state index < -0.39 is 178 Å². The van der Waals surface area contributed by atoms with Gasteiger partial charge in [-0.05, 0) is 30.3 Å². The zero-order chi connectivity index (χ0) is 51.3. The molecule has 0 radical (unpaired) electrons. The van der Waals surface area contributed by atoms with Crippen molar-refractivity contribution in [2.75, 3.05) is 19.8 Å². The lowest BCUT2D eigenvalue weighted by Crippen LogP contribution is -2.64. The summed E-state index contributed by atoms with van der Waals surface area (Å²) in [4.78, 5) is 0. The van der Waals surface area contributed by atoms with Crippen molar-refractivity contribution in [2.45, 2.75) is 135 Å². The number of benzene rings is 2. The minimum absolute atomic E-state index is 0.0661. The molecule has 4 aliphatic rings. The van der Waals surface area contributed by atoms with Gasteiger partial charge >= 0.3 is 6.61 Å². The molecule has 4 saturated heterocycles. The van der Waals surface area contributed by atoms with Crippen molar-refractivity contribution in [3.63, 3.8) is 0 Å². The summed E-state index contributed by atoms with van der Waals surface area (Å²) >= 11 is 0. The largest absolute Gasteiger partial charge is 0.433 e. The van der Waals surface area contributed by atoms with E-state index in [-0.39, 0.29) is 16.7 Å². The third-order valence-electron chi connectivity index (χ3n) is 11.5. The smallest absolute Gasteiger partial charge is 0.387 e. The third kappa shape index (κ3) is 12.2. The maximum absolute atomic E-state index is 15.2. The van der Waals surface area contributed by atoms with Gasteiger partial charge in [-0.1, -0.05) is 47.4 Å². The molecule has 4 fully saturated rings. The number of aliphatic hydroxyl groups excluding tert-OH is 15. The molecule has 21 atom stereocenters. The summed E-state index contributed by atoms with van der Waals surface area (Å²) in [6.45, 7) is -5.81. The van der Waals surface area contributed by atoms with Gasteiger partial charge < -0.3 is 105 Å². The van der Waals surface area contributed by atoms with Crippen molar-refractivity contribution in [3.05, 3.63) is 64.2 Å². The van der Waals surface area contributed by atoms with Crippen LogP contribution in [0.1, 0.15) is 22.3 Å². The van der Waals surface area contributed by atoms with Crippen molar-refractivity contribution in [2.24, 2.45) is 0 Å². The van der Waals surface area contributed by atoms with Crippen LogP contribution < -0.4 is 4.74 Å². The van der Waals surface area contributed by atoms with Gasteiger partial charge in [-0.25, -0.2) is 8.78 Å². The number of rotatable bonds is 8. The van der Waals surface area contributed by atoms with Crippen LogP contribution >= 0.6 is 0 Å². The van der Waals surface area contributed by atoms with Gasteiger partial charge in [-0.2, -0.15) is 8.78 Å². The highest BCUT2D eigenvalue weighted by molar-refractivity contribution is 5.52. The van der Waals surface area contributed by atoms with E-state index in [1.165, 1.54) is 6.07 Å². The van der Waals surface area contributed by atoms with Crippen LogP contribution in [0.25, 0.3) is 0 Å². The first-order valence-corrected chi connectivity index (χ1v) is 21.1. The quantitative estimate of drug-likeness (QED) is 0.0664. The van der Waals surface area contributed by atoms with Gasteiger partial charge in [0.2, 0.25) is 0 Å². The Morgan fingerprint density at radius 1 is 0.500 bits per heavy atom. The predicted octanol–water partition coefficient (Wildman–Crippen LogP) is -6.61. The molecule has 0 saturated carbocycles. The molecule has 0 amide bonds. The Balaban J connectivity index is 1.16. The van der Waals surface area contributed by atoms with Crippen molar-refractivity contribution in [1.82, 2.24) is 0 Å². The van der Waals surface area contributed by atoms with E-state index in [1.807, 2.05) is 0 Å². The predicted molar refractivity (Wildman–Crippen MR) is 220 cm³/mol. The molecule has 15 N–H and O–H groups in total. The lowest BCUT2D eigenvalue weighted by Gasteiger charge is -2.44. The summed E-state index contributed by atoms with van der Waals surface area (Å²) in [6, 6.07) is 4.83. The van der Waals surface area contributed by atoms with E-state index in [0.717, 1.165) is 12.1 Å². The number of halogens is 4. The lowest BCUT2D eigenvalue weighted by atomic mass is 9.93. The Hall–Kier alpha value is -4.60. The molecule has 2 aromatic carbocycles. The zero-order valence-electron chi connectivity index (χ0n) is 35.9. The lowest BCUT2D eigenvalue weighted by molar-refractivity contribution is -0.313. The number of alkyl halides is 2. The molecule has 21 unspecified atom stereocenters. The second-order valence-corrected chi connectivity index (χ2v) is 16.2. The van der Waals surface area contributed by atoms with Gasteiger partial charge in [-0.3, -0.25) is 0 Å². The highest BCUT2D eigenvalue weighted by Crippen LogP contribution is 2.30. The summed E-state index contributed by atoms with van der Waals surface area (Å²) in [6.07, 6.45) is -37.9. The SMILES string of the molecule is OCC1OC(C#Cc2cc(F)c(C#CC3OC(C(O)OC4C(O)C(C#Cc5ccc(C#CC6OC(CO)C(O)C(O)C6O)c(OC(F)F)c5)OC(CO)C4O)C(O)C(O)C3O)c(F)c2)C(O)C(O)C1O. The van der Waals surface area contributed by atoms with Gasteiger partial charge in [0.15, 0.2) is 6.29 Å². The third-order valence-corrected chi connectivity index (χ3v) is 11.5. The van der Waals surface area contributed by atoms with Crippen LogP contribution in [0.2, 0.25) is 0 Å². The number of hydrogen-bond acceptors (Lipinski definition) is 21. The molecule has 0 spiro atoms. The number of hydrogen-bond donors (Lipinski definition) is 15. The number of ether oxygens (including phenoxy) is 6. The normalized spacial score (nSPS) is 37.8. The van der Waals surface area contributed by atoms with Gasteiger partial charge in [0.05, 0.1) is 30.9 Å². The molecular weight excluding hydrogens is 952 g/mol. The first kappa shape index (κ1) is 54.7. The van der Waals surface area contributed by atoms with Crippen molar-refractivity contribution in [1.29, 1.82) is 0 Å². The second kappa shape index (κ2) is 23.7. The average Bonchev–Trinajstić information content (AvgIpc) is 3.32. The maximum atomic E-state index is 15.2. The molecule has 4 heterocycles. The highest BCUT2D eigenvalue weighted by Gasteiger charge is 2.51. The van der Waals surface area contributed by atoms with E-state index in [0.29, 0.717) is 12.1 Å². The van der Waals surface area contributed by atoms with Gasteiger partial charge in [0.1, 0.15) is 139 Å². The zero-order valence-corrected chi connectivity index (χ0v) is 35.9. The van der Waals surface area contributed by atoms with E-state index in [1.54, 1.807) is 0 Å². The van der Waals surface area contributed by atoms with Crippen LogP contribution in [0.15, 0.2) is 30.3 Å². The van der Waals surface area contributed by atoms with Gasteiger partial charge in [0.25, 0.3) is 0 Å². The molecule has 0 bridgehead atoms. The van der Waals surface area contributed by atoms with E-state index >= 15 is 8.78 Å². The fourth-order valence-electron chi connectivity index (χ4n) is 7.57. The van der Waals surface area contributed by atoms with Gasteiger partial charge in [-0.15, -0.1) is 0 Å². The molecule has 0 aromatic heterocycles. The molecule has 382 valence electrons. The van der Waals surface area contributed by atoms with Crippen LogP contribution in [0.4, 0.5) is 17.6 Å². The number of aliphatic hydroxyl groups is 15. The van der Waals surface area contributed by atoms with Gasteiger partial charge in [0, 0.05) is 11.1 Å². The molecule has 25 heteroatoms. The maximum Gasteiger partial charge on any atom is 0.387 e. The fraction of sp³-hybridized carbons (Fsp3) is 0.556. The van der Waals surface area contributed by atoms with Crippen LogP contribution in [0.3, 0.4) is 0 Å². The molecule has 70 heavy (non-hydrogen) atoms. The van der Waals surface area contributed by atoms with Crippen molar-refractivity contribution in [3.8, 4) is 53.1 Å². The van der Waals surface area contributed by atoms with Crippen LogP contribution in [0.5, 0.6) is 5.75 Å². The fourth-order valence-corrected chi connectivity index (χ4v) is 7.57. The van der Waals surface area contributed by atoms with Crippen molar-refractivity contribution >= 4 is 0 Å². The van der Waals surface area contributed by atoms with Crippen LogP contribution in [-0.4, -0.2) is 231 Å². The second-order valence-electron chi connectivity index (χ2n) is 16.2. The Morgan fingerprint density at radius 3 is 1.46 bits per heavy atom. The molecule has 4 aliphatic heterocycles. The summed E-state index contributed by atoms with van der Waals surface area (Å²) in [7, 11) is 0. The Bertz CT molecular complexity index is 2360.